The maximum absolute atomic E-state index is 12.3. The summed E-state index contributed by atoms with van der Waals surface area (Å²) in [5.41, 5.74) is 4.25. The summed E-state index contributed by atoms with van der Waals surface area (Å²) >= 11 is 0. The van der Waals surface area contributed by atoms with Crippen LogP contribution in [0.15, 0.2) is 22.6 Å². The highest BCUT2D eigenvalue weighted by Crippen LogP contribution is 2.38. The van der Waals surface area contributed by atoms with Gasteiger partial charge in [-0.2, -0.15) is 0 Å². The summed E-state index contributed by atoms with van der Waals surface area (Å²) in [6.07, 6.45) is 1.34. The highest BCUT2D eigenvalue weighted by Gasteiger charge is 2.31. The van der Waals surface area contributed by atoms with Crippen molar-refractivity contribution in [1.29, 1.82) is 0 Å². The van der Waals surface area contributed by atoms with E-state index in [-0.39, 0.29) is 18.9 Å². The standard InChI is InChI=1S/C22H25N3O5/c1-12-9-17(13(2)30-12)18(26)5-7-23-21(28)22(29)24-16-10-14-3-4-19(27)25-8-6-15(11-16)20(14)25/h9-11,18,26H,3-8H2,1-2H3,(H,23,28)(H,24,29). The van der Waals surface area contributed by atoms with Gasteiger partial charge in [-0.25, -0.2) is 0 Å². The fourth-order valence-electron chi connectivity index (χ4n) is 4.26. The minimum atomic E-state index is -0.777. The van der Waals surface area contributed by atoms with Gasteiger partial charge in [0.05, 0.1) is 11.8 Å². The zero-order chi connectivity index (χ0) is 21.4. The minimum absolute atomic E-state index is 0.139. The Morgan fingerprint density at radius 1 is 1.13 bits per heavy atom. The summed E-state index contributed by atoms with van der Waals surface area (Å²) in [6, 6.07) is 5.43. The molecule has 0 spiro atoms. The van der Waals surface area contributed by atoms with Crippen molar-refractivity contribution in [2.24, 2.45) is 0 Å². The molecule has 1 aromatic heterocycles. The molecule has 3 amide bonds. The lowest BCUT2D eigenvalue weighted by molar-refractivity contribution is -0.136. The number of amides is 3. The number of nitrogens with zero attached hydrogens (tertiary/aromatic N) is 1. The largest absolute Gasteiger partial charge is 0.466 e. The van der Waals surface area contributed by atoms with Crippen LogP contribution in [0.3, 0.4) is 0 Å². The fraction of sp³-hybridized carbons (Fsp3) is 0.409. The van der Waals surface area contributed by atoms with Gasteiger partial charge < -0.3 is 25.1 Å². The van der Waals surface area contributed by atoms with Crippen LogP contribution in [0.5, 0.6) is 0 Å². The van der Waals surface area contributed by atoms with Crippen molar-refractivity contribution in [1.82, 2.24) is 5.32 Å². The number of aliphatic hydroxyl groups excluding tert-OH is 1. The second-order valence-corrected chi connectivity index (χ2v) is 7.82. The Balaban J connectivity index is 1.33. The third-order valence-corrected chi connectivity index (χ3v) is 5.66. The third-order valence-electron chi connectivity index (χ3n) is 5.66. The maximum atomic E-state index is 12.3. The molecule has 0 aliphatic carbocycles. The average Bonchev–Trinajstić information content (AvgIpc) is 3.28. The van der Waals surface area contributed by atoms with Gasteiger partial charge >= 0.3 is 11.8 Å². The van der Waals surface area contributed by atoms with E-state index >= 15 is 0 Å². The Bertz CT molecular complexity index is 1030. The van der Waals surface area contributed by atoms with Crippen LogP contribution in [0.2, 0.25) is 0 Å². The van der Waals surface area contributed by atoms with Crippen molar-refractivity contribution in [2.45, 2.75) is 45.6 Å². The van der Waals surface area contributed by atoms with E-state index in [2.05, 4.69) is 10.6 Å². The summed E-state index contributed by atoms with van der Waals surface area (Å²) in [5.74, 6) is -0.0157. The minimum Gasteiger partial charge on any atom is -0.466 e. The predicted molar refractivity (Wildman–Crippen MR) is 110 cm³/mol. The monoisotopic (exact) mass is 411 g/mol. The highest BCUT2D eigenvalue weighted by atomic mass is 16.3. The number of rotatable bonds is 5. The maximum Gasteiger partial charge on any atom is 0.313 e. The average molecular weight is 411 g/mol. The van der Waals surface area contributed by atoms with Crippen LogP contribution < -0.4 is 15.5 Å². The van der Waals surface area contributed by atoms with E-state index in [1.165, 1.54) is 0 Å². The fourth-order valence-corrected chi connectivity index (χ4v) is 4.26. The molecule has 1 aromatic carbocycles. The second-order valence-electron chi connectivity index (χ2n) is 7.82. The normalized spacial score (nSPS) is 15.7. The van der Waals surface area contributed by atoms with Gasteiger partial charge in [-0.15, -0.1) is 0 Å². The van der Waals surface area contributed by atoms with Crippen molar-refractivity contribution in [2.75, 3.05) is 23.3 Å². The number of carbonyl (C=O) groups is 3. The summed E-state index contributed by atoms with van der Waals surface area (Å²) in [6.45, 7) is 4.40. The molecule has 158 valence electrons. The molecule has 0 fully saturated rings. The molecular formula is C22H25N3O5. The molecule has 0 radical (unpaired) electrons. The molecule has 4 rings (SSSR count). The summed E-state index contributed by atoms with van der Waals surface area (Å²) in [5, 5.41) is 15.4. The number of furan rings is 1. The first-order chi connectivity index (χ1) is 14.3. The lowest BCUT2D eigenvalue weighted by Gasteiger charge is -2.25. The van der Waals surface area contributed by atoms with Gasteiger partial charge in [0.15, 0.2) is 0 Å². The molecule has 30 heavy (non-hydrogen) atoms. The molecule has 1 unspecified atom stereocenters. The van der Waals surface area contributed by atoms with Crippen molar-refractivity contribution < 1.29 is 23.9 Å². The SMILES string of the molecule is Cc1cc(C(O)CCNC(=O)C(=O)Nc2cc3c4c(c2)CCN4C(=O)CC3)c(C)o1. The van der Waals surface area contributed by atoms with Gasteiger partial charge in [-0.05, 0) is 62.4 Å². The van der Waals surface area contributed by atoms with E-state index in [4.69, 9.17) is 4.42 Å². The lowest BCUT2D eigenvalue weighted by atomic mass is 9.98. The molecule has 0 saturated heterocycles. The molecule has 8 nitrogen and oxygen atoms in total. The number of aliphatic hydroxyl groups is 1. The summed E-state index contributed by atoms with van der Waals surface area (Å²) < 4.78 is 5.40. The first kappa shape index (κ1) is 20.2. The quantitative estimate of drug-likeness (QED) is 0.651. The molecule has 2 aromatic rings. The molecule has 0 bridgehead atoms. The Morgan fingerprint density at radius 3 is 2.57 bits per heavy atom. The molecule has 2 aliphatic heterocycles. The first-order valence-electron chi connectivity index (χ1n) is 10.1. The Morgan fingerprint density at radius 2 is 1.87 bits per heavy atom. The van der Waals surface area contributed by atoms with Gasteiger partial charge in [0.2, 0.25) is 5.91 Å². The smallest absolute Gasteiger partial charge is 0.313 e. The number of aryl methyl sites for hydroxylation is 3. The lowest BCUT2D eigenvalue weighted by Crippen LogP contribution is -2.36. The van der Waals surface area contributed by atoms with Crippen LogP contribution in [0.4, 0.5) is 11.4 Å². The molecular weight excluding hydrogens is 386 g/mol. The second kappa shape index (κ2) is 7.95. The molecule has 8 heteroatoms. The summed E-state index contributed by atoms with van der Waals surface area (Å²) in [4.78, 5) is 38.3. The molecule has 2 aliphatic rings. The topological polar surface area (TPSA) is 112 Å². The van der Waals surface area contributed by atoms with Crippen molar-refractivity contribution in [3.05, 3.63) is 46.4 Å². The Kier molecular flexibility index (Phi) is 5.34. The number of carbonyl (C=O) groups excluding carboxylic acids is 3. The Hall–Kier alpha value is -3.13. The van der Waals surface area contributed by atoms with Crippen LogP contribution >= 0.6 is 0 Å². The van der Waals surface area contributed by atoms with E-state index in [1.807, 2.05) is 12.1 Å². The number of anilines is 2. The van der Waals surface area contributed by atoms with E-state index in [9.17, 15) is 19.5 Å². The number of benzene rings is 1. The van der Waals surface area contributed by atoms with E-state index < -0.39 is 17.9 Å². The zero-order valence-electron chi connectivity index (χ0n) is 17.1. The van der Waals surface area contributed by atoms with Crippen molar-refractivity contribution in [3.63, 3.8) is 0 Å². The van der Waals surface area contributed by atoms with E-state index in [0.29, 0.717) is 42.2 Å². The van der Waals surface area contributed by atoms with E-state index in [1.54, 1.807) is 24.8 Å². The first-order valence-corrected chi connectivity index (χ1v) is 10.1. The van der Waals surface area contributed by atoms with Gasteiger partial charge in [0.25, 0.3) is 0 Å². The molecule has 0 saturated carbocycles. The van der Waals surface area contributed by atoms with Crippen LogP contribution in [-0.2, 0) is 27.2 Å². The number of hydrogen-bond acceptors (Lipinski definition) is 5. The van der Waals surface area contributed by atoms with Crippen molar-refractivity contribution in [3.8, 4) is 0 Å². The van der Waals surface area contributed by atoms with Crippen molar-refractivity contribution >= 4 is 29.1 Å². The number of nitrogens with one attached hydrogen (secondary N) is 2. The van der Waals surface area contributed by atoms with Crippen LogP contribution in [0.1, 0.15) is 47.2 Å². The zero-order valence-corrected chi connectivity index (χ0v) is 17.1. The predicted octanol–water partition coefficient (Wildman–Crippen LogP) is 1.91. The molecule has 3 N–H and O–H groups in total. The summed E-state index contributed by atoms with van der Waals surface area (Å²) in [7, 11) is 0. The van der Waals surface area contributed by atoms with Crippen LogP contribution in [0.25, 0.3) is 0 Å². The van der Waals surface area contributed by atoms with Gasteiger partial charge in [0, 0.05) is 30.8 Å². The van der Waals surface area contributed by atoms with Crippen LogP contribution in [0, 0.1) is 13.8 Å². The van der Waals surface area contributed by atoms with Gasteiger partial charge in [0.1, 0.15) is 11.5 Å². The van der Waals surface area contributed by atoms with E-state index in [0.717, 1.165) is 23.2 Å². The van der Waals surface area contributed by atoms with Gasteiger partial charge in [-0.1, -0.05) is 0 Å². The third kappa shape index (κ3) is 3.82. The Labute approximate surface area is 174 Å². The van der Waals surface area contributed by atoms with Crippen LogP contribution in [-0.4, -0.2) is 35.9 Å². The molecule has 3 heterocycles. The van der Waals surface area contributed by atoms with Gasteiger partial charge in [-0.3, -0.25) is 14.4 Å². The molecule has 1 atom stereocenters. The highest BCUT2D eigenvalue weighted by molar-refractivity contribution is 6.39. The number of hydrogen-bond donors (Lipinski definition) is 3.